The molecule has 0 spiro atoms. The molecule has 6 heteroatoms. The highest BCUT2D eigenvalue weighted by atomic mass is 16.3. The summed E-state index contributed by atoms with van der Waals surface area (Å²) in [7, 11) is 0. The molecule has 0 aliphatic carbocycles. The Kier molecular flexibility index (Phi) is 12.9. The summed E-state index contributed by atoms with van der Waals surface area (Å²) in [5, 5.41) is 14.6. The highest BCUT2D eigenvalue weighted by Crippen LogP contribution is 2.43. The standard InChI is InChI=1S/2C48H30N2O/c1-2-11-34(12-3-1)49-43-18-7-4-13-37(43)41-29-32(23-27-45(41)49)33-24-28-46-42(30-33)38-14-5-8-19-44(38)50(46)35-25-21-31(22-26-35)36-16-10-17-40-39-15-6-9-20-47(39)51-48(36)40;1-2-10-35(11-3-1)49-43-15-7-4-12-37(43)40-28-33(20-25-45(40)49)34-21-26-46-41(29-34)38-13-5-8-16-44(38)50(46)36-23-18-31(19-24-36)32-22-27-48-42(30-32)39-14-6-9-17-47(39)51-48/h2*1-30H. The Hall–Kier alpha value is -13.7. The van der Waals surface area contributed by atoms with E-state index >= 15 is 0 Å². The fourth-order valence-corrected chi connectivity index (χ4v) is 16.3. The second kappa shape index (κ2) is 23.0. The van der Waals surface area contributed by atoms with E-state index in [2.05, 4.69) is 358 Å². The molecule has 16 aromatic carbocycles. The summed E-state index contributed by atoms with van der Waals surface area (Å²) in [6.07, 6.45) is 0. The summed E-state index contributed by atoms with van der Waals surface area (Å²) in [5.41, 5.74) is 27.4. The van der Waals surface area contributed by atoms with E-state index in [1.807, 2.05) is 24.3 Å². The van der Waals surface area contributed by atoms with Crippen molar-refractivity contribution in [3.05, 3.63) is 364 Å². The van der Waals surface area contributed by atoms with Crippen molar-refractivity contribution in [3.8, 4) is 67.3 Å². The van der Waals surface area contributed by atoms with Crippen LogP contribution >= 0.6 is 0 Å². The number of para-hydroxylation sites is 9. The molecular formula is C96H60N4O2. The minimum atomic E-state index is 0.917. The minimum absolute atomic E-state index is 0.917. The van der Waals surface area contributed by atoms with Crippen LogP contribution in [0.1, 0.15) is 0 Å². The van der Waals surface area contributed by atoms with E-state index in [-0.39, 0.29) is 0 Å². The van der Waals surface area contributed by atoms with Crippen LogP contribution in [0.25, 0.3) is 198 Å². The topological polar surface area (TPSA) is 46.0 Å². The van der Waals surface area contributed by atoms with Crippen molar-refractivity contribution in [3.63, 3.8) is 0 Å². The number of hydrogen-bond acceptors (Lipinski definition) is 2. The van der Waals surface area contributed by atoms with E-state index in [1.54, 1.807) is 0 Å². The number of aromatic nitrogens is 4. The van der Waals surface area contributed by atoms with Gasteiger partial charge in [-0.1, -0.05) is 218 Å². The molecule has 6 heterocycles. The van der Waals surface area contributed by atoms with Gasteiger partial charge in [0.15, 0.2) is 0 Å². The first kappa shape index (κ1) is 57.4. The number of fused-ring (bicyclic) bond motifs is 18. The maximum atomic E-state index is 6.36. The van der Waals surface area contributed by atoms with E-state index in [0.29, 0.717) is 0 Å². The lowest BCUT2D eigenvalue weighted by atomic mass is 10.0. The van der Waals surface area contributed by atoms with Crippen LogP contribution in [0.15, 0.2) is 373 Å². The van der Waals surface area contributed by atoms with Gasteiger partial charge in [-0.05, 0) is 185 Å². The zero-order valence-electron chi connectivity index (χ0n) is 55.2. The molecule has 0 aliphatic rings. The lowest BCUT2D eigenvalue weighted by molar-refractivity contribution is 0.669. The Bertz CT molecular complexity index is 7090. The average Bonchev–Trinajstić information content (AvgIpc) is 1.59. The van der Waals surface area contributed by atoms with Crippen molar-refractivity contribution in [1.29, 1.82) is 0 Å². The Balaban J connectivity index is 0.000000133. The van der Waals surface area contributed by atoms with Crippen LogP contribution < -0.4 is 0 Å². The number of furan rings is 2. The van der Waals surface area contributed by atoms with Crippen molar-refractivity contribution in [2.24, 2.45) is 0 Å². The summed E-state index contributed by atoms with van der Waals surface area (Å²) in [6, 6.07) is 131. The molecule has 0 bridgehead atoms. The lowest BCUT2D eigenvalue weighted by Gasteiger charge is -2.10. The van der Waals surface area contributed by atoms with Crippen LogP contribution in [0.2, 0.25) is 0 Å². The number of rotatable bonds is 8. The molecule has 102 heavy (non-hydrogen) atoms. The predicted molar refractivity (Wildman–Crippen MR) is 427 cm³/mol. The molecule has 6 aromatic heterocycles. The van der Waals surface area contributed by atoms with Gasteiger partial charge in [-0.15, -0.1) is 0 Å². The van der Waals surface area contributed by atoms with Gasteiger partial charge in [0.25, 0.3) is 0 Å². The van der Waals surface area contributed by atoms with Crippen molar-refractivity contribution in [2.45, 2.75) is 0 Å². The van der Waals surface area contributed by atoms with Crippen molar-refractivity contribution in [1.82, 2.24) is 18.3 Å². The monoisotopic (exact) mass is 1300 g/mol. The summed E-state index contributed by atoms with van der Waals surface area (Å²) in [4.78, 5) is 0. The van der Waals surface area contributed by atoms with Gasteiger partial charge in [-0.3, -0.25) is 0 Å². The molecule has 0 atom stereocenters. The molecule has 0 N–H and O–H groups in total. The second-order valence-corrected chi connectivity index (χ2v) is 26.7. The summed E-state index contributed by atoms with van der Waals surface area (Å²) >= 11 is 0. The van der Waals surface area contributed by atoms with Gasteiger partial charge in [0.05, 0.1) is 44.1 Å². The summed E-state index contributed by atoms with van der Waals surface area (Å²) < 4.78 is 22.0. The van der Waals surface area contributed by atoms with E-state index < -0.39 is 0 Å². The molecule has 0 amide bonds. The lowest BCUT2D eigenvalue weighted by Crippen LogP contribution is -1.94. The molecular weight excluding hydrogens is 1240 g/mol. The van der Waals surface area contributed by atoms with Crippen LogP contribution in [0, 0.1) is 0 Å². The van der Waals surface area contributed by atoms with Gasteiger partial charge in [-0.2, -0.15) is 0 Å². The molecule has 22 aromatic rings. The molecule has 0 saturated carbocycles. The maximum absolute atomic E-state index is 6.36. The fourth-order valence-electron chi connectivity index (χ4n) is 16.3. The Morgan fingerprint density at radius 3 is 0.873 bits per heavy atom. The molecule has 0 radical (unpaired) electrons. The van der Waals surface area contributed by atoms with E-state index in [1.165, 1.54) is 132 Å². The SMILES string of the molecule is c1ccc(-n2c3ccccc3c3cc(-c4ccc5c(c4)c4ccccc4n5-c4ccc(-c5ccc6oc7ccccc7c6c5)cc4)ccc32)cc1.c1ccc(-n2c3ccccc3c3cc(-c4ccc5c(c4)c4ccccc4n5-c4ccc(-c5cccc6c5oc5ccccc56)cc4)ccc32)cc1. The first-order chi connectivity index (χ1) is 50.6. The van der Waals surface area contributed by atoms with Gasteiger partial charge < -0.3 is 27.1 Å². The molecule has 0 fully saturated rings. The van der Waals surface area contributed by atoms with E-state index in [9.17, 15) is 0 Å². The molecule has 22 rings (SSSR count). The Labute approximate surface area is 585 Å². The minimum Gasteiger partial charge on any atom is -0.456 e. The first-order valence-corrected chi connectivity index (χ1v) is 34.9. The quantitative estimate of drug-likeness (QED) is 0.152. The third-order valence-electron chi connectivity index (χ3n) is 21.1. The number of nitrogens with zero attached hydrogens (tertiary/aromatic N) is 4. The zero-order valence-corrected chi connectivity index (χ0v) is 55.2. The van der Waals surface area contributed by atoms with Gasteiger partial charge in [0, 0.05) is 92.9 Å². The molecule has 6 nitrogen and oxygen atoms in total. The van der Waals surface area contributed by atoms with Crippen LogP contribution in [-0.4, -0.2) is 18.3 Å². The van der Waals surface area contributed by atoms with Gasteiger partial charge in [0.2, 0.25) is 0 Å². The number of benzene rings is 16. The third kappa shape index (κ3) is 9.06. The molecule has 0 saturated heterocycles. The maximum Gasteiger partial charge on any atom is 0.143 e. The van der Waals surface area contributed by atoms with Gasteiger partial charge >= 0.3 is 0 Å². The van der Waals surface area contributed by atoms with E-state index in [4.69, 9.17) is 8.83 Å². The van der Waals surface area contributed by atoms with Crippen LogP contribution in [0.3, 0.4) is 0 Å². The smallest absolute Gasteiger partial charge is 0.143 e. The molecule has 0 unspecified atom stereocenters. The van der Waals surface area contributed by atoms with Crippen LogP contribution in [0.5, 0.6) is 0 Å². The largest absolute Gasteiger partial charge is 0.456 e. The van der Waals surface area contributed by atoms with Gasteiger partial charge in [0.1, 0.15) is 22.3 Å². The number of hydrogen-bond donors (Lipinski definition) is 0. The molecule has 0 aliphatic heterocycles. The predicted octanol–water partition coefficient (Wildman–Crippen LogP) is 26.2. The van der Waals surface area contributed by atoms with Crippen LogP contribution in [-0.2, 0) is 0 Å². The zero-order chi connectivity index (χ0) is 66.9. The summed E-state index contributed by atoms with van der Waals surface area (Å²) in [5.74, 6) is 0. The Morgan fingerprint density at radius 1 is 0.157 bits per heavy atom. The Morgan fingerprint density at radius 2 is 0.441 bits per heavy atom. The van der Waals surface area contributed by atoms with E-state index in [0.717, 1.165) is 66.4 Å². The normalized spacial score (nSPS) is 11.9. The summed E-state index contributed by atoms with van der Waals surface area (Å²) in [6.45, 7) is 0. The third-order valence-corrected chi connectivity index (χ3v) is 21.1. The second-order valence-electron chi connectivity index (χ2n) is 26.7. The van der Waals surface area contributed by atoms with Crippen molar-refractivity contribution >= 4 is 131 Å². The first-order valence-electron chi connectivity index (χ1n) is 34.9. The average molecular weight is 1300 g/mol. The van der Waals surface area contributed by atoms with Crippen LogP contribution in [0.4, 0.5) is 0 Å². The highest BCUT2D eigenvalue weighted by Gasteiger charge is 2.21. The molecule has 476 valence electrons. The van der Waals surface area contributed by atoms with Crippen molar-refractivity contribution in [2.75, 3.05) is 0 Å². The van der Waals surface area contributed by atoms with Gasteiger partial charge in [-0.25, -0.2) is 0 Å². The fraction of sp³-hybridized carbons (Fsp3) is 0. The van der Waals surface area contributed by atoms with Crippen molar-refractivity contribution < 1.29 is 8.83 Å². The highest BCUT2D eigenvalue weighted by molar-refractivity contribution is 6.16.